The van der Waals surface area contributed by atoms with E-state index in [0.29, 0.717) is 5.56 Å². The van der Waals surface area contributed by atoms with Gasteiger partial charge < -0.3 is 10.4 Å². The summed E-state index contributed by atoms with van der Waals surface area (Å²) in [6, 6.07) is 4.64. The predicted molar refractivity (Wildman–Crippen MR) is 55.2 cm³/mol. The molecule has 4 heteroatoms. The highest BCUT2D eigenvalue weighted by Gasteiger charge is 2.12. The van der Waals surface area contributed by atoms with Gasteiger partial charge in [-0.25, -0.2) is 4.39 Å². The summed E-state index contributed by atoms with van der Waals surface area (Å²) in [5.41, 5.74) is 0.440. The lowest BCUT2D eigenvalue weighted by Crippen LogP contribution is -2.31. The first-order valence-electron chi connectivity index (χ1n) is 4.73. The summed E-state index contributed by atoms with van der Waals surface area (Å²) in [4.78, 5) is 11.5. The molecule has 1 unspecified atom stereocenters. The van der Waals surface area contributed by atoms with E-state index in [9.17, 15) is 9.18 Å². The maximum absolute atomic E-state index is 13.5. The fraction of sp³-hybridized carbons (Fsp3) is 0.364. The Bertz CT molecular complexity index is 364. The highest BCUT2D eigenvalue weighted by atomic mass is 19.1. The number of rotatable bonds is 3. The van der Waals surface area contributed by atoms with Gasteiger partial charge in [-0.3, -0.25) is 4.79 Å². The van der Waals surface area contributed by atoms with E-state index in [1.54, 1.807) is 26.0 Å². The van der Waals surface area contributed by atoms with E-state index in [1.165, 1.54) is 6.07 Å². The summed E-state index contributed by atoms with van der Waals surface area (Å²) in [7, 11) is 0. The van der Waals surface area contributed by atoms with Crippen LogP contribution in [0.1, 0.15) is 22.8 Å². The third kappa shape index (κ3) is 3.02. The van der Waals surface area contributed by atoms with Gasteiger partial charge in [-0.1, -0.05) is 12.1 Å². The van der Waals surface area contributed by atoms with Crippen molar-refractivity contribution >= 4 is 5.91 Å². The zero-order valence-corrected chi connectivity index (χ0v) is 8.75. The highest BCUT2D eigenvalue weighted by molar-refractivity contribution is 5.94. The first kappa shape index (κ1) is 11.7. The molecule has 0 aliphatic rings. The number of hydrogen-bond donors (Lipinski definition) is 2. The van der Waals surface area contributed by atoms with Crippen LogP contribution in [0.4, 0.5) is 4.39 Å². The maximum atomic E-state index is 13.5. The molecular formula is C11H14FNO2. The topological polar surface area (TPSA) is 49.3 Å². The van der Waals surface area contributed by atoms with Crippen LogP contribution in [0.5, 0.6) is 0 Å². The molecule has 0 fully saturated rings. The van der Waals surface area contributed by atoms with Gasteiger partial charge >= 0.3 is 0 Å². The van der Waals surface area contributed by atoms with Crippen LogP contribution < -0.4 is 5.32 Å². The molecular weight excluding hydrogens is 197 g/mol. The Hall–Kier alpha value is -1.42. The second kappa shape index (κ2) is 4.89. The van der Waals surface area contributed by atoms with E-state index in [-0.39, 0.29) is 12.1 Å². The number of nitrogens with one attached hydrogen (secondary N) is 1. The standard InChI is InChI=1S/C11H14FNO2/c1-7-4-3-5-9(10(7)12)11(15)13-6-8(2)14/h3-5,8,14H,6H2,1-2H3,(H,13,15). The molecule has 0 spiro atoms. The number of aliphatic hydroxyl groups is 1. The van der Waals surface area contributed by atoms with Crippen molar-refractivity contribution in [3.05, 3.63) is 35.1 Å². The van der Waals surface area contributed by atoms with E-state index >= 15 is 0 Å². The Morgan fingerprint density at radius 3 is 2.87 bits per heavy atom. The van der Waals surface area contributed by atoms with Crippen molar-refractivity contribution in [2.75, 3.05) is 6.54 Å². The Morgan fingerprint density at radius 1 is 1.60 bits per heavy atom. The van der Waals surface area contributed by atoms with Gasteiger partial charge in [0.05, 0.1) is 11.7 Å². The molecule has 1 rings (SSSR count). The molecule has 0 saturated heterocycles. The number of hydrogen-bond acceptors (Lipinski definition) is 2. The van der Waals surface area contributed by atoms with Gasteiger partial charge in [0.25, 0.3) is 5.91 Å². The molecule has 82 valence electrons. The van der Waals surface area contributed by atoms with E-state index < -0.39 is 17.8 Å². The van der Waals surface area contributed by atoms with Gasteiger partial charge in [0.15, 0.2) is 0 Å². The second-order valence-electron chi connectivity index (χ2n) is 3.50. The van der Waals surface area contributed by atoms with Gasteiger partial charge in [-0.2, -0.15) is 0 Å². The third-order valence-corrected chi connectivity index (χ3v) is 1.99. The molecule has 0 saturated carbocycles. The van der Waals surface area contributed by atoms with Gasteiger partial charge in [-0.05, 0) is 25.5 Å². The van der Waals surface area contributed by atoms with Crippen molar-refractivity contribution in [2.24, 2.45) is 0 Å². The van der Waals surface area contributed by atoms with Crippen LogP contribution in [0.2, 0.25) is 0 Å². The molecule has 1 amide bonds. The summed E-state index contributed by atoms with van der Waals surface area (Å²) in [5, 5.41) is 11.4. The van der Waals surface area contributed by atoms with Crippen molar-refractivity contribution in [3.8, 4) is 0 Å². The molecule has 15 heavy (non-hydrogen) atoms. The second-order valence-corrected chi connectivity index (χ2v) is 3.50. The van der Waals surface area contributed by atoms with Gasteiger partial charge in [0.1, 0.15) is 5.82 Å². The van der Waals surface area contributed by atoms with Crippen LogP contribution >= 0.6 is 0 Å². The quantitative estimate of drug-likeness (QED) is 0.790. The number of carbonyl (C=O) groups is 1. The highest BCUT2D eigenvalue weighted by Crippen LogP contribution is 2.11. The Labute approximate surface area is 87.9 Å². The number of halogens is 1. The molecule has 0 aliphatic carbocycles. The fourth-order valence-electron chi connectivity index (χ4n) is 1.16. The number of benzene rings is 1. The van der Waals surface area contributed by atoms with E-state index in [2.05, 4.69) is 5.32 Å². The average Bonchev–Trinajstić information content (AvgIpc) is 2.18. The number of amides is 1. The van der Waals surface area contributed by atoms with E-state index in [0.717, 1.165) is 0 Å². The average molecular weight is 211 g/mol. The summed E-state index contributed by atoms with van der Waals surface area (Å²) in [5.74, 6) is -1.02. The minimum atomic E-state index is -0.637. The minimum absolute atomic E-state index is 0.00986. The number of carbonyl (C=O) groups excluding carboxylic acids is 1. The third-order valence-electron chi connectivity index (χ3n) is 1.99. The summed E-state index contributed by atoms with van der Waals surface area (Å²) in [6.07, 6.45) is -0.637. The molecule has 0 aliphatic heterocycles. The van der Waals surface area contributed by atoms with Crippen LogP contribution in [-0.2, 0) is 0 Å². The van der Waals surface area contributed by atoms with Crippen LogP contribution in [0.3, 0.4) is 0 Å². The molecule has 1 atom stereocenters. The zero-order chi connectivity index (χ0) is 11.4. The Kier molecular flexibility index (Phi) is 3.80. The molecule has 1 aromatic rings. The van der Waals surface area contributed by atoms with Crippen LogP contribution in [0, 0.1) is 12.7 Å². The molecule has 0 heterocycles. The van der Waals surface area contributed by atoms with Gasteiger partial charge in [-0.15, -0.1) is 0 Å². The van der Waals surface area contributed by atoms with E-state index in [1.807, 2.05) is 0 Å². The van der Waals surface area contributed by atoms with Crippen LogP contribution in [0.25, 0.3) is 0 Å². The van der Waals surface area contributed by atoms with Gasteiger partial charge in [0, 0.05) is 6.54 Å². The summed E-state index contributed by atoms with van der Waals surface area (Å²) in [6.45, 7) is 3.26. The first-order chi connectivity index (χ1) is 7.02. The summed E-state index contributed by atoms with van der Waals surface area (Å²) < 4.78 is 13.5. The normalized spacial score (nSPS) is 12.3. The monoisotopic (exact) mass is 211 g/mol. The molecule has 0 radical (unpaired) electrons. The molecule has 2 N–H and O–H groups in total. The molecule has 0 bridgehead atoms. The van der Waals surface area contributed by atoms with Crippen molar-refractivity contribution < 1.29 is 14.3 Å². The number of aliphatic hydroxyl groups excluding tert-OH is 1. The van der Waals surface area contributed by atoms with Crippen LogP contribution in [0.15, 0.2) is 18.2 Å². The lowest BCUT2D eigenvalue weighted by Gasteiger charge is -2.08. The van der Waals surface area contributed by atoms with E-state index in [4.69, 9.17) is 5.11 Å². The van der Waals surface area contributed by atoms with Gasteiger partial charge in [0.2, 0.25) is 0 Å². The lowest BCUT2D eigenvalue weighted by molar-refractivity contribution is 0.0920. The van der Waals surface area contributed by atoms with Crippen molar-refractivity contribution in [1.29, 1.82) is 0 Å². The first-order valence-corrected chi connectivity index (χ1v) is 4.73. The largest absolute Gasteiger partial charge is 0.392 e. The minimum Gasteiger partial charge on any atom is -0.392 e. The molecule has 1 aromatic carbocycles. The summed E-state index contributed by atoms with van der Waals surface area (Å²) >= 11 is 0. The maximum Gasteiger partial charge on any atom is 0.254 e. The predicted octanol–water partition coefficient (Wildman–Crippen LogP) is 1.24. The molecule has 3 nitrogen and oxygen atoms in total. The number of aryl methyl sites for hydroxylation is 1. The van der Waals surface area contributed by atoms with Crippen molar-refractivity contribution in [1.82, 2.24) is 5.32 Å². The smallest absolute Gasteiger partial charge is 0.254 e. The van der Waals surface area contributed by atoms with Crippen molar-refractivity contribution in [3.63, 3.8) is 0 Å². The SMILES string of the molecule is Cc1cccc(C(=O)NCC(C)O)c1F. The Balaban J connectivity index is 2.78. The fourth-order valence-corrected chi connectivity index (χ4v) is 1.16. The Morgan fingerprint density at radius 2 is 2.27 bits per heavy atom. The van der Waals surface area contributed by atoms with Crippen LogP contribution in [-0.4, -0.2) is 23.7 Å². The molecule has 0 aromatic heterocycles. The zero-order valence-electron chi connectivity index (χ0n) is 8.75. The van der Waals surface area contributed by atoms with Crippen molar-refractivity contribution in [2.45, 2.75) is 20.0 Å². The lowest BCUT2D eigenvalue weighted by atomic mass is 10.1.